The average Bonchev–Trinajstić information content (AvgIpc) is 2.64. The zero-order valence-electron chi connectivity index (χ0n) is 17.2. The fourth-order valence-corrected chi connectivity index (χ4v) is 3.32. The molecule has 3 aliphatic rings. The summed E-state index contributed by atoms with van der Waals surface area (Å²) in [6.07, 6.45) is 5.90. The van der Waals surface area contributed by atoms with E-state index in [9.17, 15) is 4.79 Å². The predicted octanol–water partition coefficient (Wildman–Crippen LogP) is 3.00. The summed E-state index contributed by atoms with van der Waals surface area (Å²) in [6, 6.07) is 0.417. The van der Waals surface area contributed by atoms with Gasteiger partial charge in [0.2, 0.25) is 0 Å². The number of nitrogens with zero attached hydrogens (tertiary/aromatic N) is 2. The van der Waals surface area contributed by atoms with Gasteiger partial charge >= 0.3 is 13.2 Å². The second-order valence-corrected chi connectivity index (χ2v) is 9.49. The van der Waals surface area contributed by atoms with Crippen molar-refractivity contribution in [2.24, 2.45) is 0 Å². The highest BCUT2D eigenvalue weighted by Crippen LogP contribution is 2.39. The second kappa shape index (κ2) is 6.38. The van der Waals surface area contributed by atoms with Crippen molar-refractivity contribution in [1.29, 1.82) is 0 Å². The fraction of sp³-hybridized carbons (Fsp3) is 0.789. The zero-order chi connectivity index (χ0) is 19.3. The van der Waals surface area contributed by atoms with E-state index in [0.29, 0.717) is 6.04 Å². The lowest BCUT2D eigenvalue weighted by Crippen LogP contribution is -2.46. The van der Waals surface area contributed by atoms with E-state index in [1.54, 1.807) is 4.90 Å². The summed E-state index contributed by atoms with van der Waals surface area (Å²) in [5.74, 6) is 0. The first-order valence-corrected chi connectivity index (χ1v) is 9.56. The van der Waals surface area contributed by atoms with Crippen molar-refractivity contribution >= 4 is 19.4 Å². The lowest BCUT2D eigenvalue weighted by Gasteiger charge is -2.32. The van der Waals surface area contributed by atoms with Crippen molar-refractivity contribution < 1.29 is 23.4 Å². The standard InChI is InChI=1S/C19H32BN2O4/c1-17(2,3)24-16(23)21-10-8-15(9-11-21)22-12-14(13-22)20-25-18(4,5)19(6,7)26-20/h12-13,15H,8-11H2,1-7H3/q+1. The number of ether oxygens (including phenoxy) is 1. The fourth-order valence-electron chi connectivity index (χ4n) is 3.32. The Hall–Kier alpha value is -1.34. The Morgan fingerprint density at radius 2 is 1.69 bits per heavy atom. The molecular weight excluding hydrogens is 331 g/mol. The van der Waals surface area contributed by atoms with E-state index in [1.807, 2.05) is 20.8 Å². The Labute approximate surface area is 157 Å². The van der Waals surface area contributed by atoms with Crippen LogP contribution in [0.25, 0.3) is 0 Å². The van der Waals surface area contributed by atoms with Gasteiger partial charge in [-0.3, -0.25) is 0 Å². The van der Waals surface area contributed by atoms with E-state index < -0.39 is 5.60 Å². The average molecular weight is 363 g/mol. The van der Waals surface area contributed by atoms with Crippen molar-refractivity contribution in [3.63, 3.8) is 0 Å². The minimum Gasteiger partial charge on any atom is -0.444 e. The zero-order valence-corrected chi connectivity index (χ0v) is 17.2. The highest BCUT2D eigenvalue weighted by Gasteiger charge is 2.54. The molecule has 26 heavy (non-hydrogen) atoms. The van der Waals surface area contributed by atoms with Gasteiger partial charge in [0, 0.05) is 25.9 Å². The van der Waals surface area contributed by atoms with E-state index in [1.165, 1.54) is 0 Å². The number of carbonyl (C=O) groups excluding carboxylic acids is 1. The molecule has 6 nitrogen and oxygen atoms in total. The van der Waals surface area contributed by atoms with Gasteiger partial charge in [0.25, 0.3) is 0 Å². The molecule has 0 atom stereocenters. The molecule has 3 aliphatic heterocycles. The van der Waals surface area contributed by atoms with Crippen molar-refractivity contribution in [3.8, 4) is 0 Å². The largest absolute Gasteiger partial charge is 0.507 e. The van der Waals surface area contributed by atoms with Crippen LogP contribution in [-0.4, -0.2) is 64.8 Å². The summed E-state index contributed by atoms with van der Waals surface area (Å²) in [5.41, 5.74) is 0.00897. The summed E-state index contributed by atoms with van der Waals surface area (Å²) in [5, 5.41) is 0. The normalized spacial score (nSPS) is 25.5. The smallest absolute Gasteiger partial charge is 0.444 e. The number of piperidine rings is 1. The van der Waals surface area contributed by atoms with Crippen LogP contribution in [0.15, 0.2) is 11.7 Å². The van der Waals surface area contributed by atoms with Crippen LogP contribution in [0, 0.1) is 0 Å². The summed E-state index contributed by atoms with van der Waals surface area (Å²) in [7, 11) is -0.293. The van der Waals surface area contributed by atoms with Crippen molar-refractivity contribution in [1.82, 2.24) is 4.90 Å². The molecule has 0 aliphatic carbocycles. The third-order valence-corrected chi connectivity index (χ3v) is 5.66. The first kappa shape index (κ1) is 19.4. The molecule has 0 unspecified atom stereocenters. The van der Waals surface area contributed by atoms with Crippen LogP contribution in [-0.2, 0) is 14.0 Å². The number of rotatable bonds is 2. The molecule has 0 aromatic rings. The van der Waals surface area contributed by atoms with Crippen LogP contribution >= 0.6 is 0 Å². The Balaban J connectivity index is 1.49. The summed E-state index contributed by atoms with van der Waals surface area (Å²) in [4.78, 5) is 14.0. The topological polar surface area (TPSA) is 51.0 Å². The molecule has 2 saturated heterocycles. The van der Waals surface area contributed by atoms with Crippen LogP contribution < -0.4 is 0 Å². The van der Waals surface area contributed by atoms with Gasteiger partial charge in [-0.25, -0.2) is 9.37 Å². The molecule has 0 N–H and O–H groups in total. The predicted molar refractivity (Wildman–Crippen MR) is 101 cm³/mol. The quantitative estimate of drug-likeness (QED) is 0.559. The lowest BCUT2D eigenvalue weighted by molar-refractivity contribution is -0.510. The molecular formula is C19H32BN2O4+. The number of likely N-dealkylation sites (tertiary alicyclic amines) is 1. The van der Waals surface area contributed by atoms with E-state index >= 15 is 0 Å². The third-order valence-electron chi connectivity index (χ3n) is 5.66. The first-order chi connectivity index (χ1) is 11.9. The Morgan fingerprint density at radius 1 is 1.19 bits per heavy atom. The molecule has 0 aromatic carbocycles. The van der Waals surface area contributed by atoms with E-state index in [2.05, 4.69) is 44.7 Å². The molecule has 7 heteroatoms. The van der Waals surface area contributed by atoms with Crippen LogP contribution in [0.1, 0.15) is 61.3 Å². The monoisotopic (exact) mass is 363 g/mol. The molecule has 2 fully saturated rings. The molecule has 0 saturated carbocycles. The van der Waals surface area contributed by atoms with Crippen molar-refractivity contribution in [2.75, 3.05) is 13.1 Å². The number of hydrogen-bond donors (Lipinski definition) is 0. The third kappa shape index (κ3) is 3.84. The summed E-state index contributed by atoms with van der Waals surface area (Å²) >= 11 is 0. The number of amides is 1. The highest BCUT2D eigenvalue weighted by molar-refractivity contribution is 6.60. The molecule has 3 heterocycles. The van der Waals surface area contributed by atoms with Gasteiger partial charge in [-0.05, 0) is 48.5 Å². The summed E-state index contributed by atoms with van der Waals surface area (Å²) in [6.45, 7) is 15.4. The van der Waals surface area contributed by atoms with E-state index in [0.717, 1.165) is 31.4 Å². The van der Waals surface area contributed by atoms with Gasteiger partial charge in [-0.1, -0.05) is 0 Å². The first-order valence-electron chi connectivity index (χ1n) is 9.56. The number of allylic oxidation sites excluding steroid dienone is 1. The van der Waals surface area contributed by atoms with Gasteiger partial charge < -0.3 is 18.9 Å². The van der Waals surface area contributed by atoms with E-state index in [4.69, 9.17) is 14.0 Å². The lowest BCUT2D eigenvalue weighted by atomic mass is 9.77. The molecule has 144 valence electrons. The van der Waals surface area contributed by atoms with Crippen molar-refractivity contribution in [3.05, 3.63) is 11.7 Å². The maximum absolute atomic E-state index is 12.2. The van der Waals surface area contributed by atoms with Crippen molar-refractivity contribution in [2.45, 2.75) is 84.2 Å². The maximum Gasteiger partial charge on any atom is 0.507 e. The van der Waals surface area contributed by atoms with Crippen LogP contribution in [0.3, 0.4) is 0 Å². The van der Waals surface area contributed by atoms with Crippen LogP contribution in [0.4, 0.5) is 4.79 Å². The summed E-state index contributed by atoms with van der Waals surface area (Å²) < 4.78 is 19.8. The molecule has 0 radical (unpaired) electrons. The SMILES string of the molecule is CC(C)(C)OC(=O)N1CCC([N+]2=CC(B3OC(C)(C)C(C)(C)O3)=C2)CC1. The molecule has 3 rings (SSSR count). The minimum atomic E-state index is -0.445. The maximum atomic E-state index is 12.2. The van der Waals surface area contributed by atoms with Gasteiger partial charge in [0.1, 0.15) is 11.1 Å². The molecule has 0 aromatic heterocycles. The van der Waals surface area contributed by atoms with E-state index in [-0.39, 0.29) is 24.4 Å². The van der Waals surface area contributed by atoms with Crippen LogP contribution in [0.2, 0.25) is 0 Å². The number of hydrogen-bond acceptors (Lipinski definition) is 4. The van der Waals surface area contributed by atoms with Gasteiger partial charge in [0.05, 0.1) is 11.2 Å². The Kier molecular flexibility index (Phi) is 4.76. The van der Waals surface area contributed by atoms with Gasteiger partial charge in [0.15, 0.2) is 18.5 Å². The Morgan fingerprint density at radius 3 is 2.15 bits per heavy atom. The van der Waals surface area contributed by atoms with Crippen LogP contribution in [0.5, 0.6) is 0 Å². The number of carbonyl (C=O) groups is 1. The highest BCUT2D eigenvalue weighted by atomic mass is 16.7. The van der Waals surface area contributed by atoms with Gasteiger partial charge in [-0.15, -0.1) is 0 Å². The minimum absolute atomic E-state index is 0.211. The Bertz CT molecular complexity index is 624. The molecule has 0 bridgehead atoms. The van der Waals surface area contributed by atoms with Gasteiger partial charge in [-0.2, -0.15) is 0 Å². The molecule has 1 amide bonds. The second-order valence-electron chi connectivity index (χ2n) is 9.49. The molecule has 0 spiro atoms.